The third-order valence-electron chi connectivity index (χ3n) is 12.1. The van der Waals surface area contributed by atoms with Crippen molar-refractivity contribution >= 4 is 45.5 Å². The number of nitrogens with one attached hydrogen (secondary N) is 2. The molecule has 2 saturated heterocycles. The van der Waals surface area contributed by atoms with Crippen LogP contribution in [0.5, 0.6) is 23.0 Å². The molecule has 2 aromatic heterocycles. The minimum atomic E-state index is -1.37. The number of carbonyl (C=O) groups is 2. The van der Waals surface area contributed by atoms with Gasteiger partial charge in [-0.15, -0.1) is 12.8 Å². The summed E-state index contributed by atoms with van der Waals surface area (Å²) >= 11 is 0. The molecule has 2 fully saturated rings. The first-order valence-electron chi connectivity index (χ1n) is 23.2. The van der Waals surface area contributed by atoms with Gasteiger partial charge in [0.25, 0.3) is 0 Å². The fraction of sp³-hybridized carbons (Fsp3) is 0.451. The van der Waals surface area contributed by atoms with Crippen LogP contribution in [-0.4, -0.2) is 125 Å². The number of aryl methyl sites for hydroxylation is 2. The molecule has 2 aromatic carbocycles. The molecule has 0 saturated carbocycles. The topological polar surface area (TPSA) is 380 Å². The van der Waals surface area contributed by atoms with Gasteiger partial charge in [0.1, 0.15) is 83.9 Å². The van der Waals surface area contributed by atoms with Gasteiger partial charge in [-0.05, 0) is 64.8 Å². The van der Waals surface area contributed by atoms with E-state index in [1.165, 1.54) is 45.2 Å². The van der Waals surface area contributed by atoms with Crippen LogP contribution in [0.15, 0.2) is 53.0 Å². The molecule has 6 rings (SSSR count). The van der Waals surface area contributed by atoms with Gasteiger partial charge in [-0.25, -0.2) is 19.2 Å². The van der Waals surface area contributed by atoms with Crippen molar-refractivity contribution in [1.82, 2.24) is 11.0 Å². The first kappa shape index (κ1) is 63.2. The SMILES string of the molecule is C#CCONC(=O)OC1C(O)C(Oc2ccc3c(O)c(/C(C)=N/OC)c(=O)oc3c2C)O[C@@H](CC)C1C.C#CCONC(=O)OC1C(Oc2ccc3c(O)c(/C(C)=N/OC#C)c(=O)oc3c2C)O[C@@H](CC)C(C)C1O.O.O. The highest BCUT2D eigenvalue weighted by Crippen LogP contribution is 2.39. The van der Waals surface area contributed by atoms with Crippen LogP contribution < -0.4 is 31.7 Å². The number of benzene rings is 2. The summed E-state index contributed by atoms with van der Waals surface area (Å²) in [5.41, 5.74) is 3.01. The maximum absolute atomic E-state index is 12.7. The lowest BCUT2D eigenvalue weighted by molar-refractivity contribution is -0.256. The number of hydrogen-bond acceptors (Lipinski definition) is 22. The number of terminal acetylenes is 3. The van der Waals surface area contributed by atoms with Crippen LogP contribution in [-0.2, 0) is 38.3 Å². The molecule has 4 heterocycles. The predicted octanol–water partition coefficient (Wildman–Crippen LogP) is 3.01. The summed E-state index contributed by atoms with van der Waals surface area (Å²) in [4.78, 5) is 68.3. The number of hydroxylamine groups is 2. The van der Waals surface area contributed by atoms with Gasteiger partial charge < -0.3 is 78.3 Å². The van der Waals surface area contributed by atoms with E-state index in [0.29, 0.717) is 24.0 Å². The summed E-state index contributed by atoms with van der Waals surface area (Å²) in [5, 5.41) is 51.1. The standard InChI is InChI=1S/C26H28N2O10.C25H30N2O10.2H2O/c1-7-12-34-28-26(32)38-23-20(29)13(4)17(8-2)35-25(23)36-18-11-10-16-21(30)19(15(6)27-33-9-3)24(31)37-22(16)14(18)5;1-7-11-33-27-25(31)37-22-12(3)16(8-2)34-24(20(22)29)35-17-10-9-15-19(28)18(14(5)26-32-6)23(30)36-21(15)13(17)4;;/h1,3,10-11,13,17,20,23,25,29-30H,8,12H2,2,4-6H3,(H,28,32);1,9-10,12,16,20,22,24,28-29H,8,11H2,2-6H3,(H,27,31);2*1H2/b27-15+;26-14+;;/t13?,17-,20?,23?,25?;12?,16-,20?,22?,24?;;/m00../s1. The zero-order valence-corrected chi connectivity index (χ0v) is 43.4. The lowest BCUT2D eigenvalue weighted by atomic mass is 9.89. The van der Waals surface area contributed by atoms with Crippen molar-refractivity contribution in [2.24, 2.45) is 22.1 Å². The average Bonchev–Trinajstić information content (AvgIpc) is 3.38. The lowest BCUT2D eigenvalue weighted by Gasteiger charge is -2.42. The molecule has 10 atom stereocenters. The molecule has 26 heteroatoms. The Labute approximate surface area is 440 Å². The van der Waals surface area contributed by atoms with Gasteiger partial charge in [0, 0.05) is 23.0 Å². The number of ether oxygens (including phenoxy) is 6. The Morgan fingerprint density at radius 2 is 1.13 bits per heavy atom. The molecule has 418 valence electrons. The molecular formula is C51H62N4O22. The lowest BCUT2D eigenvalue weighted by Crippen LogP contribution is -2.57. The number of rotatable bonds is 16. The van der Waals surface area contributed by atoms with Gasteiger partial charge in [0.05, 0.1) is 34.4 Å². The van der Waals surface area contributed by atoms with E-state index in [1.807, 2.05) is 25.4 Å². The molecule has 8 unspecified atom stereocenters. The average molecular weight is 1080 g/mol. The van der Waals surface area contributed by atoms with Crippen molar-refractivity contribution < 1.29 is 97.6 Å². The summed E-state index contributed by atoms with van der Waals surface area (Å²) in [5.74, 6) is 3.32. The van der Waals surface area contributed by atoms with Gasteiger partial charge in [-0.3, -0.25) is 9.68 Å². The number of oxime groups is 2. The van der Waals surface area contributed by atoms with Gasteiger partial charge in [0.15, 0.2) is 12.2 Å². The summed E-state index contributed by atoms with van der Waals surface area (Å²) in [7, 11) is 1.32. The number of amides is 2. The van der Waals surface area contributed by atoms with Crippen LogP contribution in [0.1, 0.15) is 76.6 Å². The number of aliphatic hydroxyl groups is 2. The van der Waals surface area contributed by atoms with E-state index in [9.17, 15) is 39.6 Å². The van der Waals surface area contributed by atoms with Gasteiger partial charge >= 0.3 is 23.4 Å². The number of nitrogens with zero attached hydrogens (tertiary/aromatic N) is 2. The molecule has 10 N–H and O–H groups in total. The van der Waals surface area contributed by atoms with Crippen molar-refractivity contribution in [3.05, 3.63) is 67.4 Å². The number of hydrogen-bond donors (Lipinski definition) is 6. The fourth-order valence-electron chi connectivity index (χ4n) is 8.31. The Morgan fingerprint density at radius 1 is 0.688 bits per heavy atom. The van der Waals surface area contributed by atoms with E-state index >= 15 is 0 Å². The molecule has 2 aliphatic rings. The Kier molecular flexibility index (Phi) is 23.6. The molecule has 26 nitrogen and oxygen atoms in total. The van der Waals surface area contributed by atoms with Crippen molar-refractivity contribution in [1.29, 1.82) is 0 Å². The minimum Gasteiger partial charge on any atom is -0.506 e. The second kappa shape index (κ2) is 28.7. The number of fused-ring (bicyclic) bond motifs is 2. The van der Waals surface area contributed by atoms with Crippen LogP contribution in [0, 0.1) is 62.9 Å². The smallest absolute Gasteiger partial charge is 0.431 e. The molecule has 4 aromatic rings. The molecular weight excluding hydrogens is 1020 g/mol. The first-order chi connectivity index (χ1) is 35.8. The monoisotopic (exact) mass is 1080 g/mol. The Bertz CT molecular complexity index is 3020. The van der Waals surface area contributed by atoms with Crippen LogP contribution in [0.3, 0.4) is 0 Å². The number of aliphatic hydroxyl groups excluding tert-OH is 2. The zero-order valence-electron chi connectivity index (χ0n) is 43.4. The van der Waals surface area contributed by atoms with E-state index in [2.05, 4.69) is 37.3 Å². The highest BCUT2D eigenvalue weighted by atomic mass is 16.7. The van der Waals surface area contributed by atoms with Crippen molar-refractivity contribution in [3.63, 3.8) is 0 Å². The third kappa shape index (κ3) is 14.4. The second-order valence-electron chi connectivity index (χ2n) is 16.9. The molecule has 0 spiro atoms. The normalized spacial score (nSPS) is 22.9. The third-order valence-corrected chi connectivity index (χ3v) is 12.1. The first-order valence-corrected chi connectivity index (χ1v) is 23.2. The zero-order chi connectivity index (χ0) is 55.3. The number of carbonyl (C=O) groups excluding carboxylic acids is 2. The van der Waals surface area contributed by atoms with Crippen LogP contribution in [0.25, 0.3) is 21.9 Å². The number of aromatic hydroxyl groups is 2. The molecule has 77 heavy (non-hydrogen) atoms. The fourth-order valence-corrected chi connectivity index (χ4v) is 8.31. The summed E-state index contributed by atoms with van der Waals surface area (Å²) < 4.78 is 45.6. The van der Waals surface area contributed by atoms with Crippen molar-refractivity contribution in [2.45, 2.75) is 117 Å². The van der Waals surface area contributed by atoms with Crippen LogP contribution in [0.2, 0.25) is 0 Å². The van der Waals surface area contributed by atoms with E-state index in [1.54, 1.807) is 27.7 Å². The minimum absolute atomic E-state index is 0. The highest BCUT2D eigenvalue weighted by Gasteiger charge is 2.48. The quantitative estimate of drug-likeness (QED) is 0.0309. The van der Waals surface area contributed by atoms with E-state index in [4.69, 9.17) is 66.2 Å². The molecule has 0 radical (unpaired) electrons. The van der Waals surface area contributed by atoms with Crippen LogP contribution in [0.4, 0.5) is 9.59 Å². The Morgan fingerprint density at radius 3 is 1.58 bits per heavy atom. The van der Waals surface area contributed by atoms with Gasteiger partial charge in [0.2, 0.25) is 12.6 Å². The van der Waals surface area contributed by atoms with Gasteiger partial charge in [-0.2, -0.15) is 11.0 Å². The molecule has 0 aliphatic carbocycles. The van der Waals surface area contributed by atoms with Crippen molar-refractivity contribution in [2.75, 3.05) is 20.3 Å². The van der Waals surface area contributed by atoms with Crippen molar-refractivity contribution in [3.8, 4) is 60.2 Å². The highest BCUT2D eigenvalue weighted by molar-refractivity contribution is 6.05. The van der Waals surface area contributed by atoms with E-state index < -0.39 is 78.6 Å². The van der Waals surface area contributed by atoms with Crippen LogP contribution >= 0.6 is 0 Å². The van der Waals surface area contributed by atoms with E-state index in [-0.39, 0.29) is 97.6 Å². The molecule has 2 aliphatic heterocycles. The summed E-state index contributed by atoms with van der Waals surface area (Å²) in [6.07, 6.45) is 8.13. The summed E-state index contributed by atoms with van der Waals surface area (Å²) in [6, 6.07) is 6.01. The predicted molar refractivity (Wildman–Crippen MR) is 272 cm³/mol. The Hall–Kier alpha value is -8.10. The van der Waals surface area contributed by atoms with Gasteiger partial charge in [-0.1, -0.05) is 56.3 Å². The Balaban J connectivity index is 0.000000395. The summed E-state index contributed by atoms with van der Waals surface area (Å²) in [6.45, 7) is 13.1. The maximum Gasteiger partial charge on any atom is 0.431 e. The maximum atomic E-state index is 12.7. The van der Waals surface area contributed by atoms with E-state index in [0.717, 1.165) is 0 Å². The largest absolute Gasteiger partial charge is 0.506 e. The second-order valence-corrected chi connectivity index (χ2v) is 16.9. The molecule has 0 bridgehead atoms. The molecule has 2 amide bonds.